The Bertz CT molecular complexity index is 1120. The van der Waals surface area contributed by atoms with Crippen LogP contribution in [-0.4, -0.2) is 44.5 Å². The summed E-state index contributed by atoms with van der Waals surface area (Å²) in [5, 5.41) is 20.6. The summed E-state index contributed by atoms with van der Waals surface area (Å²) in [6.07, 6.45) is 0. The van der Waals surface area contributed by atoms with Gasteiger partial charge in [-0.25, -0.2) is 4.79 Å². The van der Waals surface area contributed by atoms with E-state index in [0.717, 1.165) is 17.4 Å². The second-order valence-electron chi connectivity index (χ2n) is 6.56. The summed E-state index contributed by atoms with van der Waals surface area (Å²) in [4.78, 5) is 38.9. The topological polar surface area (TPSA) is 126 Å². The van der Waals surface area contributed by atoms with Crippen LogP contribution in [0.25, 0.3) is 0 Å². The maximum atomic E-state index is 12.7. The van der Waals surface area contributed by atoms with E-state index < -0.39 is 23.3 Å². The molecule has 10 heteroatoms. The number of ether oxygens (including phenoxy) is 2. The normalized spacial score (nSPS) is 12.1. The smallest absolute Gasteiger partial charge is 0.342 e. The fourth-order valence-electron chi connectivity index (χ4n) is 3.31. The molecule has 0 radical (unpaired) electrons. The van der Waals surface area contributed by atoms with Gasteiger partial charge in [-0.1, -0.05) is 12.1 Å². The number of carbonyl (C=O) groups excluding carboxylic acids is 2. The Morgan fingerprint density at radius 2 is 1.74 bits per heavy atom. The van der Waals surface area contributed by atoms with Gasteiger partial charge in [0, 0.05) is 26.2 Å². The predicted octanol–water partition coefficient (Wildman–Crippen LogP) is 2.65. The minimum Gasteiger partial charge on any atom is -0.496 e. The lowest BCUT2D eigenvalue weighted by molar-refractivity contribution is -0.384. The number of benzene rings is 2. The number of nitro groups is 1. The van der Waals surface area contributed by atoms with Gasteiger partial charge in [-0.2, -0.15) is 5.26 Å². The Hall–Kier alpha value is -4.39. The molecular weight excluding hydrogens is 404 g/mol. The molecule has 0 atom stereocenters. The molecule has 1 aliphatic heterocycles. The van der Waals surface area contributed by atoms with Gasteiger partial charge in [-0.15, -0.1) is 0 Å². The van der Waals surface area contributed by atoms with Gasteiger partial charge >= 0.3 is 5.97 Å². The van der Waals surface area contributed by atoms with E-state index in [0.29, 0.717) is 5.82 Å². The zero-order valence-corrected chi connectivity index (χ0v) is 17.0. The maximum absolute atomic E-state index is 12.7. The van der Waals surface area contributed by atoms with Crippen LogP contribution in [0.5, 0.6) is 5.75 Å². The highest BCUT2D eigenvalue weighted by Gasteiger charge is 2.31. The zero-order valence-electron chi connectivity index (χ0n) is 17.0. The third-order valence-electron chi connectivity index (χ3n) is 4.80. The molecule has 10 nitrogen and oxygen atoms in total. The van der Waals surface area contributed by atoms with Crippen molar-refractivity contribution in [3.8, 4) is 11.8 Å². The second-order valence-corrected chi connectivity index (χ2v) is 6.56. The van der Waals surface area contributed by atoms with Gasteiger partial charge in [0.2, 0.25) is 5.78 Å². The van der Waals surface area contributed by atoms with Crippen molar-refractivity contribution in [2.24, 2.45) is 0 Å². The number of nitriles is 1. The third-order valence-corrected chi connectivity index (χ3v) is 4.80. The van der Waals surface area contributed by atoms with E-state index in [-0.39, 0.29) is 22.6 Å². The van der Waals surface area contributed by atoms with Crippen molar-refractivity contribution in [3.63, 3.8) is 0 Å². The summed E-state index contributed by atoms with van der Waals surface area (Å²) in [6, 6.07) is 12.7. The molecular formula is C21H18N4O6. The van der Waals surface area contributed by atoms with Crippen LogP contribution >= 0.6 is 0 Å². The van der Waals surface area contributed by atoms with Gasteiger partial charge in [-0.3, -0.25) is 14.9 Å². The molecule has 0 amide bonds. The summed E-state index contributed by atoms with van der Waals surface area (Å²) >= 11 is 0. The van der Waals surface area contributed by atoms with Gasteiger partial charge < -0.3 is 19.3 Å². The fourth-order valence-corrected chi connectivity index (χ4v) is 3.31. The number of rotatable bonds is 6. The number of nitro benzene ring substituents is 1. The number of methoxy groups -OCH3 is 1. The van der Waals surface area contributed by atoms with E-state index in [9.17, 15) is 25.0 Å². The number of non-ortho nitro benzene ring substituents is 1. The molecule has 0 aromatic heterocycles. The van der Waals surface area contributed by atoms with Crippen LogP contribution in [0.2, 0.25) is 0 Å². The number of ketones is 1. The second kappa shape index (κ2) is 8.54. The molecule has 3 rings (SSSR count). The number of esters is 1. The molecule has 0 aliphatic carbocycles. The number of fused-ring (bicyclic) bond motifs is 1. The van der Waals surface area contributed by atoms with Gasteiger partial charge in [0.05, 0.1) is 23.4 Å². The molecule has 158 valence electrons. The Labute approximate surface area is 177 Å². The molecule has 0 unspecified atom stereocenters. The van der Waals surface area contributed by atoms with E-state index in [1.807, 2.05) is 30.3 Å². The first-order valence-electron chi connectivity index (χ1n) is 9.03. The highest BCUT2D eigenvalue weighted by molar-refractivity contribution is 6.04. The lowest BCUT2D eigenvalue weighted by Crippen LogP contribution is -2.28. The summed E-state index contributed by atoms with van der Waals surface area (Å²) < 4.78 is 10.1. The molecule has 31 heavy (non-hydrogen) atoms. The van der Waals surface area contributed by atoms with Crippen LogP contribution in [0.3, 0.4) is 0 Å². The number of carbonyl (C=O) groups is 2. The van der Waals surface area contributed by atoms with Crippen LogP contribution in [0.1, 0.15) is 10.4 Å². The first kappa shape index (κ1) is 21.3. The minimum atomic E-state index is -0.979. The molecule has 0 bridgehead atoms. The summed E-state index contributed by atoms with van der Waals surface area (Å²) in [5.74, 6) is -1.26. The number of hydrogen-bond donors (Lipinski definition) is 0. The van der Waals surface area contributed by atoms with Gasteiger partial charge in [-0.05, 0) is 18.2 Å². The standard InChI is InChI=1S/C21H18N4O6/c1-23-16-6-4-5-7-17(16)24(2)20(23)15(11-22)18(26)12-31-21(27)14-10-13(25(28)29)8-9-19(14)30-3/h4-10H,12H2,1-3H3. The van der Waals surface area contributed by atoms with Crippen molar-refractivity contribution in [3.05, 3.63) is 69.5 Å². The number of anilines is 2. The number of nitrogens with zero attached hydrogens (tertiary/aromatic N) is 4. The number of Topliss-reactive ketones (excluding diaryl/α,β-unsaturated/α-hetero) is 1. The Morgan fingerprint density at radius 1 is 1.13 bits per heavy atom. The molecule has 0 saturated carbocycles. The van der Waals surface area contributed by atoms with E-state index >= 15 is 0 Å². The van der Waals surface area contributed by atoms with Crippen molar-refractivity contribution in [2.75, 3.05) is 37.6 Å². The molecule has 0 fully saturated rings. The number of para-hydroxylation sites is 2. The van der Waals surface area contributed by atoms with Crippen molar-refractivity contribution >= 4 is 28.8 Å². The highest BCUT2D eigenvalue weighted by Crippen LogP contribution is 2.40. The Kier molecular flexibility index (Phi) is 5.88. The molecule has 0 N–H and O–H groups in total. The Balaban J connectivity index is 1.83. The molecule has 2 aromatic rings. The van der Waals surface area contributed by atoms with E-state index in [2.05, 4.69) is 0 Å². The monoisotopic (exact) mass is 422 g/mol. The summed E-state index contributed by atoms with van der Waals surface area (Å²) in [5.41, 5.74) is 0.932. The van der Waals surface area contributed by atoms with Crippen LogP contribution in [0.4, 0.5) is 17.1 Å². The lowest BCUT2D eigenvalue weighted by Gasteiger charge is -2.19. The molecule has 2 aromatic carbocycles. The van der Waals surface area contributed by atoms with E-state index in [1.165, 1.54) is 19.2 Å². The maximum Gasteiger partial charge on any atom is 0.342 e. The Morgan fingerprint density at radius 3 is 2.26 bits per heavy atom. The number of hydrogen-bond acceptors (Lipinski definition) is 9. The van der Waals surface area contributed by atoms with Crippen molar-refractivity contribution in [1.29, 1.82) is 5.26 Å². The van der Waals surface area contributed by atoms with Crippen LogP contribution in [-0.2, 0) is 9.53 Å². The summed E-state index contributed by atoms with van der Waals surface area (Å²) in [6.45, 7) is -0.713. The zero-order chi connectivity index (χ0) is 22.7. The van der Waals surface area contributed by atoms with Crippen LogP contribution in [0.15, 0.2) is 53.9 Å². The SMILES string of the molecule is COc1ccc([N+](=O)[O-])cc1C(=O)OCC(=O)C(C#N)=C1N(C)c2ccccc2N1C. The molecule has 0 spiro atoms. The summed E-state index contributed by atoms with van der Waals surface area (Å²) in [7, 11) is 4.75. The molecule has 1 heterocycles. The van der Waals surface area contributed by atoms with Crippen molar-refractivity contribution in [2.45, 2.75) is 0 Å². The molecule has 0 saturated heterocycles. The quantitative estimate of drug-likeness (QED) is 0.227. The fraction of sp³-hybridized carbons (Fsp3) is 0.190. The predicted molar refractivity (Wildman–Crippen MR) is 111 cm³/mol. The van der Waals surface area contributed by atoms with E-state index in [1.54, 1.807) is 23.9 Å². The third kappa shape index (κ3) is 3.89. The lowest BCUT2D eigenvalue weighted by atomic mass is 10.1. The van der Waals surface area contributed by atoms with Crippen molar-refractivity contribution < 1.29 is 24.0 Å². The van der Waals surface area contributed by atoms with Crippen molar-refractivity contribution in [1.82, 2.24) is 0 Å². The average molecular weight is 422 g/mol. The first-order valence-corrected chi connectivity index (χ1v) is 9.03. The van der Waals surface area contributed by atoms with Crippen LogP contribution < -0.4 is 14.5 Å². The average Bonchev–Trinajstić information content (AvgIpc) is 3.03. The first-order chi connectivity index (χ1) is 14.8. The molecule has 1 aliphatic rings. The van der Waals surface area contributed by atoms with E-state index in [4.69, 9.17) is 9.47 Å². The largest absolute Gasteiger partial charge is 0.496 e. The van der Waals surface area contributed by atoms with Gasteiger partial charge in [0.1, 0.15) is 28.8 Å². The minimum absolute atomic E-state index is 0.0626. The van der Waals surface area contributed by atoms with Gasteiger partial charge in [0.15, 0.2) is 6.61 Å². The van der Waals surface area contributed by atoms with Gasteiger partial charge in [0.25, 0.3) is 5.69 Å². The van der Waals surface area contributed by atoms with Crippen LogP contribution in [0, 0.1) is 21.4 Å². The highest BCUT2D eigenvalue weighted by atomic mass is 16.6.